The van der Waals surface area contributed by atoms with E-state index in [2.05, 4.69) is 0 Å². The van der Waals surface area contributed by atoms with Crippen molar-refractivity contribution in [2.75, 3.05) is 33.8 Å². The van der Waals surface area contributed by atoms with Gasteiger partial charge in [0.2, 0.25) is 5.91 Å². The molecule has 1 atom stereocenters. The van der Waals surface area contributed by atoms with Gasteiger partial charge in [0.15, 0.2) is 6.61 Å². The van der Waals surface area contributed by atoms with Gasteiger partial charge in [-0.15, -0.1) is 0 Å². The molecule has 1 fully saturated rings. The van der Waals surface area contributed by atoms with Crippen molar-refractivity contribution in [2.45, 2.75) is 39.0 Å². The lowest BCUT2D eigenvalue weighted by Crippen LogP contribution is -2.42. The Labute approximate surface area is 176 Å². The van der Waals surface area contributed by atoms with Gasteiger partial charge in [0.25, 0.3) is 5.91 Å². The van der Waals surface area contributed by atoms with Crippen LogP contribution in [0.2, 0.25) is 0 Å². The summed E-state index contributed by atoms with van der Waals surface area (Å²) in [6.45, 7) is 3.30. The Hall–Kier alpha value is -2.83. The van der Waals surface area contributed by atoms with Crippen molar-refractivity contribution in [1.82, 2.24) is 9.80 Å². The normalized spacial score (nSPS) is 16.5. The first kappa shape index (κ1) is 21.9. The number of piperidine rings is 1. The van der Waals surface area contributed by atoms with Crippen LogP contribution in [0.25, 0.3) is 11.0 Å². The highest BCUT2D eigenvalue weighted by atomic mass is 16.5. The number of carbonyl (C=O) groups is 2. The lowest BCUT2D eigenvalue weighted by atomic mass is 9.93. The summed E-state index contributed by atoms with van der Waals surface area (Å²) in [5.74, 6) is 0.893. The zero-order valence-electron chi connectivity index (χ0n) is 18.0. The van der Waals surface area contributed by atoms with Gasteiger partial charge in [0.1, 0.15) is 11.3 Å². The Kier molecular flexibility index (Phi) is 7.13. The number of fused-ring (bicyclic) bond motifs is 1. The van der Waals surface area contributed by atoms with Gasteiger partial charge < -0.3 is 19.0 Å². The molecule has 162 valence electrons. The summed E-state index contributed by atoms with van der Waals surface area (Å²) in [7, 11) is 3.52. The molecule has 1 aromatic carbocycles. The number of rotatable bonds is 7. The van der Waals surface area contributed by atoms with Crippen molar-refractivity contribution >= 4 is 22.8 Å². The SMILES string of the molecule is CCc1cc(=O)oc2cc(OCC(=O)N3CCCC(CCC(=O)N(C)C)C3)ccc12. The van der Waals surface area contributed by atoms with Crippen LogP contribution in [0, 0.1) is 5.92 Å². The van der Waals surface area contributed by atoms with E-state index in [0.29, 0.717) is 36.8 Å². The lowest BCUT2D eigenvalue weighted by Gasteiger charge is -2.32. The monoisotopic (exact) mass is 414 g/mol. The molecular weight excluding hydrogens is 384 g/mol. The standard InChI is InChI=1S/C23H30N2O5/c1-4-17-12-23(28)30-20-13-18(8-9-19(17)20)29-15-22(27)25-11-5-6-16(14-25)7-10-21(26)24(2)3/h8-9,12-13,16H,4-7,10-11,14-15H2,1-3H3. The van der Waals surface area contributed by atoms with Crippen LogP contribution in [-0.4, -0.2) is 55.4 Å². The third-order valence-electron chi connectivity index (χ3n) is 5.68. The molecule has 0 saturated carbocycles. The van der Waals surface area contributed by atoms with Crippen LogP contribution >= 0.6 is 0 Å². The van der Waals surface area contributed by atoms with E-state index < -0.39 is 0 Å². The third-order valence-corrected chi connectivity index (χ3v) is 5.68. The van der Waals surface area contributed by atoms with E-state index in [4.69, 9.17) is 9.15 Å². The molecule has 2 amide bonds. The zero-order valence-corrected chi connectivity index (χ0v) is 18.0. The molecule has 1 unspecified atom stereocenters. The number of ether oxygens (including phenoxy) is 1. The van der Waals surface area contributed by atoms with Crippen LogP contribution in [0.5, 0.6) is 5.75 Å². The molecule has 30 heavy (non-hydrogen) atoms. The molecule has 7 nitrogen and oxygen atoms in total. The lowest BCUT2D eigenvalue weighted by molar-refractivity contribution is -0.135. The molecule has 1 aromatic heterocycles. The van der Waals surface area contributed by atoms with Crippen LogP contribution in [0.4, 0.5) is 0 Å². The largest absolute Gasteiger partial charge is 0.484 e. The fourth-order valence-electron chi connectivity index (χ4n) is 3.91. The van der Waals surface area contributed by atoms with Crippen molar-refractivity contribution in [1.29, 1.82) is 0 Å². The number of likely N-dealkylation sites (tertiary alicyclic amines) is 1. The zero-order chi connectivity index (χ0) is 21.7. The van der Waals surface area contributed by atoms with E-state index in [0.717, 1.165) is 36.6 Å². The smallest absolute Gasteiger partial charge is 0.336 e. The fraction of sp³-hybridized carbons (Fsp3) is 0.522. The summed E-state index contributed by atoms with van der Waals surface area (Å²) < 4.78 is 11.0. The highest BCUT2D eigenvalue weighted by Crippen LogP contribution is 2.24. The average molecular weight is 415 g/mol. The fourth-order valence-corrected chi connectivity index (χ4v) is 3.91. The molecule has 7 heteroatoms. The minimum absolute atomic E-state index is 0.0629. The van der Waals surface area contributed by atoms with Gasteiger partial charge in [-0.1, -0.05) is 6.92 Å². The van der Waals surface area contributed by atoms with Crippen molar-refractivity contribution in [3.8, 4) is 5.75 Å². The van der Waals surface area contributed by atoms with E-state index in [9.17, 15) is 14.4 Å². The molecule has 1 saturated heterocycles. The highest BCUT2D eigenvalue weighted by Gasteiger charge is 2.24. The quantitative estimate of drug-likeness (QED) is 0.651. The first-order valence-corrected chi connectivity index (χ1v) is 10.5. The van der Waals surface area contributed by atoms with E-state index in [-0.39, 0.29) is 24.0 Å². The van der Waals surface area contributed by atoms with Crippen LogP contribution in [0.3, 0.4) is 0 Å². The van der Waals surface area contributed by atoms with Crippen molar-refractivity contribution in [3.63, 3.8) is 0 Å². The maximum absolute atomic E-state index is 12.6. The number of hydrogen-bond acceptors (Lipinski definition) is 5. The molecular formula is C23H30N2O5. The predicted molar refractivity (Wildman–Crippen MR) is 115 cm³/mol. The topological polar surface area (TPSA) is 80.1 Å². The molecule has 0 radical (unpaired) electrons. The van der Waals surface area contributed by atoms with Crippen molar-refractivity contribution < 1.29 is 18.7 Å². The first-order valence-electron chi connectivity index (χ1n) is 10.5. The first-order chi connectivity index (χ1) is 14.4. The van der Waals surface area contributed by atoms with Crippen LogP contribution in [0.15, 0.2) is 33.5 Å². The second-order valence-electron chi connectivity index (χ2n) is 8.07. The Morgan fingerprint density at radius 2 is 2.07 bits per heavy atom. The Balaban J connectivity index is 1.57. The average Bonchev–Trinajstić information content (AvgIpc) is 2.74. The second-order valence-corrected chi connectivity index (χ2v) is 8.07. The molecule has 1 aliphatic rings. The molecule has 0 bridgehead atoms. The van der Waals surface area contributed by atoms with Crippen molar-refractivity contribution in [2.24, 2.45) is 5.92 Å². The third kappa shape index (κ3) is 5.40. The van der Waals surface area contributed by atoms with E-state index in [1.807, 2.05) is 17.9 Å². The van der Waals surface area contributed by atoms with Crippen LogP contribution < -0.4 is 10.4 Å². The number of carbonyl (C=O) groups excluding carboxylic acids is 2. The number of hydrogen-bond donors (Lipinski definition) is 0. The van der Waals surface area contributed by atoms with Gasteiger partial charge in [0.05, 0.1) is 0 Å². The summed E-state index contributed by atoms with van der Waals surface area (Å²) in [5.41, 5.74) is 1.00. The Morgan fingerprint density at radius 1 is 1.27 bits per heavy atom. The van der Waals surface area contributed by atoms with Gasteiger partial charge in [-0.3, -0.25) is 9.59 Å². The predicted octanol–water partition coefficient (Wildman–Crippen LogP) is 2.84. The molecule has 0 aliphatic carbocycles. The number of benzene rings is 1. The maximum atomic E-state index is 12.6. The van der Waals surface area contributed by atoms with E-state index in [1.165, 1.54) is 6.07 Å². The number of nitrogens with zero attached hydrogens (tertiary/aromatic N) is 2. The van der Waals surface area contributed by atoms with Crippen molar-refractivity contribution in [3.05, 3.63) is 40.2 Å². The second kappa shape index (κ2) is 9.78. The molecule has 0 spiro atoms. The van der Waals surface area contributed by atoms with E-state index in [1.54, 1.807) is 31.1 Å². The van der Waals surface area contributed by atoms with Gasteiger partial charge in [0, 0.05) is 51.1 Å². The van der Waals surface area contributed by atoms with Gasteiger partial charge in [-0.05, 0) is 49.3 Å². The Morgan fingerprint density at radius 3 is 2.80 bits per heavy atom. The summed E-state index contributed by atoms with van der Waals surface area (Å²) in [6.07, 6.45) is 4.02. The molecule has 2 aromatic rings. The molecule has 0 N–H and O–H groups in total. The molecule has 3 rings (SSSR count). The minimum Gasteiger partial charge on any atom is -0.484 e. The number of aryl methyl sites for hydroxylation is 1. The van der Waals surface area contributed by atoms with Gasteiger partial charge in [-0.2, -0.15) is 0 Å². The van der Waals surface area contributed by atoms with Gasteiger partial charge in [-0.25, -0.2) is 4.79 Å². The maximum Gasteiger partial charge on any atom is 0.336 e. The Bertz CT molecular complexity index is 966. The van der Waals surface area contributed by atoms with Gasteiger partial charge >= 0.3 is 5.63 Å². The summed E-state index contributed by atoms with van der Waals surface area (Å²) in [6, 6.07) is 6.82. The van der Waals surface area contributed by atoms with E-state index >= 15 is 0 Å². The highest BCUT2D eigenvalue weighted by molar-refractivity contribution is 5.82. The summed E-state index contributed by atoms with van der Waals surface area (Å²) >= 11 is 0. The molecule has 2 heterocycles. The minimum atomic E-state index is -0.389. The molecule has 1 aliphatic heterocycles. The van der Waals surface area contributed by atoms with Crippen LogP contribution in [0.1, 0.15) is 38.2 Å². The van der Waals surface area contributed by atoms with Crippen LogP contribution in [-0.2, 0) is 16.0 Å². The summed E-state index contributed by atoms with van der Waals surface area (Å²) in [5, 5.41) is 0.877. The number of amides is 2. The summed E-state index contributed by atoms with van der Waals surface area (Å²) in [4.78, 5) is 39.6.